The zero-order valence-corrected chi connectivity index (χ0v) is 14.4. The molecule has 24 heavy (non-hydrogen) atoms. The summed E-state index contributed by atoms with van der Waals surface area (Å²) in [7, 11) is 0. The van der Waals surface area contributed by atoms with Gasteiger partial charge in [-0.1, -0.05) is 11.6 Å². The van der Waals surface area contributed by atoms with Crippen LogP contribution in [0.2, 0.25) is 5.02 Å². The summed E-state index contributed by atoms with van der Waals surface area (Å²) in [6.07, 6.45) is 0. The van der Waals surface area contributed by atoms with Crippen LogP contribution in [0.25, 0.3) is 0 Å². The van der Waals surface area contributed by atoms with Crippen LogP contribution in [0.5, 0.6) is 0 Å². The van der Waals surface area contributed by atoms with E-state index in [9.17, 15) is 8.78 Å². The number of halogens is 3. The van der Waals surface area contributed by atoms with Gasteiger partial charge in [-0.25, -0.2) is 8.78 Å². The normalized spacial score (nSPS) is 14.6. The van der Waals surface area contributed by atoms with Gasteiger partial charge in [0.05, 0.1) is 5.02 Å². The van der Waals surface area contributed by atoms with Crippen molar-refractivity contribution in [3.05, 3.63) is 59.1 Å². The number of hydrogen-bond donors (Lipinski definition) is 1. The number of nitrogens with zero attached hydrogens (tertiary/aromatic N) is 2. The minimum absolute atomic E-state index is 0.0828. The molecule has 3 nitrogen and oxygen atoms in total. The molecular formula is C17H16ClF2N3S. The van der Waals surface area contributed by atoms with E-state index in [0.717, 1.165) is 31.9 Å². The van der Waals surface area contributed by atoms with Gasteiger partial charge < -0.3 is 15.1 Å². The van der Waals surface area contributed by atoms with E-state index in [-0.39, 0.29) is 10.8 Å². The highest BCUT2D eigenvalue weighted by molar-refractivity contribution is 7.80. The smallest absolute Gasteiger partial charge is 0.173 e. The molecule has 0 atom stereocenters. The van der Waals surface area contributed by atoms with E-state index >= 15 is 0 Å². The van der Waals surface area contributed by atoms with E-state index in [4.69, 9.17) is 23.8 Å². The lowest BCUT2D eigenvalue weighted by Crippen LogP contribution is -2.50. The maximum atomic E-state index is 13.5. The Bertz CT molecular complexity index is 731. The Kier molecular flexibility index (Phi) is 5.16. The lowest BCUT2D eigenvalue weighted by atomic mass is 10.2. The standard InChI is InChI=1S/C17H16ClF2N3S/c18-15-6-3-13(11-16(15)20)21-17(24)23-9-7-22(8-10-23)14-4-1-12(19)2-5-14/h1-6,11H,7-10H2,(H,21,24). The molecule has 1 aliphatic rings. The van der Waals surface area contributed by atoms with Gasteiger partial charge in [0.15, 0.2) is 5.11 Å². The molecule has 1 N–H and O–H groups in total. The first-order chi connectivity index (χ1) is 11.5. The molecule has 7 heteroatoms. The molecule has 0 saturated carbocycles. The molecule has 0 radical (unpaired) electrons. The van der Waals surface area contributed by atoms with Crippen molar-refractivity contribution < 1.29 is 8.78 Å². The van der Waals surface area contributed by atoms with Gasteiger partial charge in [0.25, 0.3) is 0 Å². The molecule has 0 aliphatic carbocycles. The minimum atomic E-state index is -0.481. The quantitative estimate of drug-likeness (QED) is 0.804. The molecule has 2 aromatic rings. The van der Waals surface area contributed by atoms with Crippen molar-refractivity contribution in [3.63, 3.8) is 0 Å². The third-order valence-electron chi connectivity index (χ3n) is 3.93. The number of rotatable bonds is 2. The second-order valence-electron chi connectivity index (χ2n) is 5.51. The van der Waals surface area contributed by atoms with Crippen LogP contribution < -0.4 is 10.2 Å². The van der Waals surface area contributed by atoms with Crippen molar-refractivity contribution in [2.24, 2.45) is 0 Å². The van der Waals surface area contributed by atoms with Gasteiger partial charge in [-0.2, -0.15) is 0 Å². The molecule has 1 heterocycles. The molecular weight excluding hydrogens is 352 g/mol. The number of benzene rings is 2. The van der Waals surface area contributed by atoms with E-state index in [1.165, 1.54) is 24.3 Å². The first kappa shape index (κ1) is 16.9. The Balaban J connectivity index is 1.56. The van der Waals surface area contributed by atoms with Crippen molar-refractivity contribution in [3.8, 4) is 0 Å². The Labute approximate surface area is 149 Å². The minimum Gasteiger partial charge on any atom is -0.368 e. The first-order valence-electron chi connectivity index (χ1n) is 7.54. The second kappa shape index (κ2) is 7.32. The highest BCUT2D eigenvalue weighted by atomic mass is 35.5. The first-order valence-corrected chi connectivity index (χ1v) is 8.33. The average Bonchev–Trinajstić information content (AvgIpc) is 2.59. The van der Waals surface area contributed by atoms with Crippen molar-refractivity contribution in [1.82, 2.24) is 4.90 Å². The Hall–Kier alpha value is -1.92. The van der Waals surface area contributed by atoms with Crippen molar-refractivity contribution in [2.75, 3.05) is 36.4 Å². The van der Waals surface area contributed by atoms with Crippen LogP contribution in [0.15, 0.2) is 42.5 Å². The summed E-state index contributed by atoms with van der Waals surface area (Å²) in [5, 5.41) is 3.67. The number of piperazine rings is 1. The van der Waals surface area contributed by atoms with Crippen LogP contribution in [0.1, 0.15) is 0 Å². The summed E-state index contributed by atoms with van der Waals surface area (Å²) in [5.41, 5.74) is 1.57. The zero-order chi connectivity index (χ0) is 17.1. The number of hydrogen-bond acceptors (Lipinski definition) is 2. The maximum Gasteiger partial charge on any atom is 0.173 e. The molecule has 2 aromatic carbocycles. The number of nitrogens with one attached hydrogen (secondary N) is 1. The SMILES string of the molecule is Fc1ccc(N2CCN(C(=S)Nc3ccc(Cl)c(F)c3)CC2)cc1. The molecule has 0 spiro atoms. The number of thiocarbonyl (C=S) groups is 1. The lowest BCUT2D eigenvalue weighted by Gasteiger charge is -2.37. The third-order valence-corrected chi connectivity index (χ3v) is 4.60. The molecule has 0 aromatic heterocycles. The summed E-state index contributed by atoms with van der Waals surface area (Å²) in [6.45, 7) is 3.03. The average molecular weight is 368 g/mol. The molecule has 0 amide bonds. The van der Waals surface area contributed by atoms with E-state index in [0.29, 0.717) is 10.8 Å². The fourth-order valence-electron chi connectivity index (χ4n) is 2.60. The van der Waals surface area contributed by atoms with E-state index in [2.05, 4.69) is 10.2 Å². The highest BCUT2D eigenvalue weighted by Gasteiger charge is 2.19. The van der Waals surface area contributed by atoms with Crippen LogP contribution in [0.3, 0.4) is 0 Å². The Morgan fingerprint density at radius 1 is 1.00 bits per heavy atom. The van der Waals surface area contributed by atoms with Gasteiger partial charge in [0, 0.05) is 37.6 Å². The van der Waals surface area contributed by atoms with Crippen LogP contribution >= 0.6 is 23.8 Å². The summed E-state index contributed by atoms with van der Waals surface area (Å²) in [4.78, 5) is 4.21. The summed E-state index contributed by atoms with van der Waals surface area (Å²) in [5.74, 6) is -0.719. The molecule has 1 aliphatic heterocycles. The van der Waals surface area contributed by atoms with Crippen LogP contribution in [0.4, 0.5) is 20.2 Å². The van der Waals surface area contributed by atoms with Crippen molar-refractivity contribution in [2.45, 2.75) is 0 Å². The van der Waals surface area contributed by atoms with Crippen molar-refractivity contribution in [1.29, 1.82) is 0 Å². The maximum absolute atomic E-state index is 13.5. The van der Waals surface area contributed by atoms with Crippen LogP contribution in [-0.4, -0.2) is 36.2 Å². The predicted molar refractivity (Wildman–Crippen MR) is 97.8 cm³/mol. The highest BCUT2D eigenvalue weighted by Crippen LogP contribution is 2.20. The van der Waals surface area contributed by atoms with Gasteiger partial charge in [-0.05, 0) is 54.7 Å². The van der Waals surface area contributed by atoms with Crippen LogP contribution in [0, 0.1) is 11.6 Å². The zero-order valence-electron chi connectivity index (χ0n) is 12.8. The van der Waals surface area contributed by atoms with E-state index < -0.39 is 5.82 Å². The molecule has 0 unspecified atom stereocenters. The monoisotopic (exact) mass is 367 g/mol. The molecule has 126 valence electrons. The number of anilines is 2. The van der Waals surface area contributed by atoms with Gasteiger partial charge in [0.2, 0.25) is 0 Å². The van der Waals surface area contributed by atoms with Gasteiger partial charge in [-0.3, -0.25) is 0 Å². The summed E-state index contributed by atoms with van der Waals surface area (Å²) >= 11 is 11.1. The molecule has 1 fully saturated rings. The van der Waals surface area contributed by atoms with Crippen LogP contribution in [-0.2, 0) is 0 Å². The Morgan fingerprint density at radius 2 is 1.67 bits per heavy atom. The third kappa shape index (κ3) is 3.94. The summed E-state index contributed by atoms with van der Waals surface area (Å²) < 4.78 is 26.5. The fraction of sp³-hybridized carbons (Fsp3) is 0.235. The molecule has 3 rings (SSSR count). The summed E-state index contributed by atoms with van der Waals surface area (Å²) in [6, 6.07) is 11.0. The van der Waals surface area contributed by atoms with Gasteiger partial charge in [0.1, 0.15) is 11.6 Å². The van der Waals surface area contributed by atoms with Crippen molar-refractivity contribution >= 4 is 40.3 Å². The Morgan fingerprint density at radius 3 is 2.29 bits per heavy atom. The molecule has 1 saturated heterocycles. The molecule has 0 bridgehead atoms. The van der Waals surface area contributed by atoms with Gasteiger partial charge >= 0.3 is 0 Å². The largest absolute Gasteiger partial charge is 0.368 e. The van der Waals surface area contributed by atoms with E-state index in [1.807, 2.05) is 4.90 Å². The lowest BCUT2D eigenvalue weighted by molar-refractivity contribution is 0.391. The fourth-order valence-corrected chi connectivity index (χ4v) is 3.01. The predicted octanol–water partition coefficient (Wildman–Crippen LogP) is 4.14. The van der Waals surface area contributed by atoms with Gasteiger partial charge in [-0.15, -0.1) is 0 Å². The second-order valence-corrected chi connectivity index (χ2v) is 6.30. The van der Waals surface area contributed by atoms with E-state index in [1.54, 1.807) is 18.2 Å². The topological polar surface area (TPSA) is 18.5 Å².